The van der Waals surface area contributed by atoms with Gasteiger partial charge in [-0.1, -0.05) is 36.4 Å². The van der Waals surface area contributed by atoms with E-state index in [2.05, 4.69) is 34.5 Å². The molecule has 0 aromatic heterocycles. The molecular weight excluding hydrogens is 548 g/mol. The van der Waals surface area contributed by atoms with Crippen molar-refractivity contribution in [3.63, 3.8) is 0 Å². The molecule has 1 unspecified atom stereocenters. The Balaban J connectivity index is 1.19. The average molecular weight is 583 g/mol. The van der Waals surface area contributed by atoms with E-state index in [9.17, 15) is 19.2 Å². The highest BCUT2D eigenvalue weighted by Gasteiger charge is 2.41. The Kier molecular flexibility index (Phi) is 7.86. The topological polar surface area (TPSA) is 108 Å². The maximum Gasteiger partial charge on any atom is 0.256 e. The summed E-state index contributed by atoms with van der Waals surface area (Å²) in [6, 6.07) is 20.6. The van der Waals surface area contributed by atoms with Crippen molar-refractivity contribution in [3.8, 4) is 11.5 Å². The summed E-state index contributed by atoms with van der Waals surface area (Å²) in [5, 5.41) is 2.33. The van der Waals surface area contributed by atoms with Crippen molar-refractivity contribution in [1.82, 2.24) is 20.0 Å². The van der Waals surface area contributed by atoms with Gasteiger partial charge in [-0.05, 0) is 53.4 Å². The molecule has 6 rings (SSSR count). The van der Waals surface area contributed by atoms with Crippen molar-refractivity contribution in [3.05, 3.63) is 94.5 Å². The second-order valence-electron chi connectivity index (χ2n) is 11.0. The molecule has 0 radical (unpaired) electrons. The molecule has 3 aliphatic rings. The molecule has 2 fully saturated rings. The Morgan fingerprint density at radius 2 is 1.44 bits per heavy atom. The monoisotopic (exact) mass is 582 g/mol. The normalized spacial score (nSPS) is 19.0. The van der Waals surface area contributed by atoms with Crippen molar-refractivity contribution in [2.24, 2.45) is 0 Å². The number of imide groups is 1. The summed E-state index contributed by atoms with van der Waals surface area (Å²) < 4.78 is 10.7. The number of methoxy groups -OCH3 is 2. The van der Waals surface area contributed by atoms with Gasteiger partial charge in [0.05, 0.1) is 31.4 Å². The molecule has 10 heteroatoms. The second-order valence-corrected chi connectivity index (χ2v) is 11.0. The fourth-order valence-electron chi connectivity index (χ4n) is 6.33. The smallest absolute Gasteiger partial charge is 0.256 e. The van der Waals surface area contributed by atoms with Crippen LogP contribution in [0.4, 0.5) is 0 Å². The third-order valence-electron chi connectivity index (χ3n) is 8.61. The van der Waals surface area contributed by atoms with E-state index in [1.807, 2.05) is 30.3 Å². The number of piperidine rings is 1. The number of ether oxygens (including phenoxy) is 2. The number of carbonyl (C=O) groups is 4. The minimum atomic E-state index is -0.725. The van der Waals surface area contributed by atoms with Crippen LogP contribution in [0.3, 0.4) is 0 Å². The zero-order valence-electron chi connectivity index (χ0n) is 24.2. The SMILES string of the molecule is COc1ccc(C(c2ccc(OC)cc2)N2CCN(C(=O)c3cccc4c3C(=O)N(C3CCC(=O)NC3=O)C4)CC2)cc1. The Morgan fingerprint density at radius 3 is 2.00 bits per heavy atom. The minimum absolute atomic E-state index is 0.0290. The predicted octanol–water partition coefficient (Wildman–Crippen LogP) is 3.01. The second kappa shape index (κ2) is 11.9. The van der Waals surface area contributed by atoms with Gasteiger partial charge in [-0.15, -0.1) is 0 Å². The maximum atomic E-state index is 13.8. The Morgan fingerprint density at radius 1 is 0.837 bits per heavy atom. The van der Waals surface area contributed by atoms with Crippen LogP contribution in [0.1, 0.15) is 56.3 Å². The Hall–Kier alpha value is -4.70. The molecular formula is C33H34N4O6. The first-order valence-electron chi connectivity index (χ1n) is 14.5. The molecule has 3 aliphatic heterocycles. The van der Waals surface area contributed by atoms with Crippen molar-refractivity contribution >= 4 is 23.6 Å². The molecule has 0 aliphatic carbocycles. The molecule has 4 amide bonds. The molecule has 1 atom stereocenters. The van der Waals surface area contributed by atoms with Crippen LogP contribution < -0.4 is 14.8 Å². The molecule has 43 heavy (non-hydrogen) atoms. The van der Waals surface area contributed by atoms with Crippen LogP contribution in [-0.4, -0.2) is 84.8 Å². The zero-order valence-corrected chi connectivity index (χ0v) is 24.2. The number of fused-ring (bicyclic) bond motifs is 1. The van der Waals surface area contributed by atoms with E-state index in [0.717, 1.165) is 28.2 Å². The summed E-state index contributed by atoms with van der Waals surface area (Å²) in [6.45, 7) is 2.51. The van der Waals surface area contributed by atoms with E-state index in [0.29, 0.717) is 37.3 Å². The number of carbonyl (C=O) groups excluding carboxylic acids is 4. The molecule has 3 heterocycles. The highest BCUT2D eigenvalue weighted by atomic mass is 16.5. The van der Waals surface area contributed by atoms with Gasteiger partial charge in [0.15, 0.2) is 0 Å². The number of piperazine rings is 1. The lowest BCUT2D eigenvalue weighted by atomic mass is 9.96. The molecule has 1 N–H and O–H groups in total. The van der Waals surface area contributed by atoms with Gasteiger partial charge in [0.25, 0.3) is 11.8 Å². The van der Waals surface area contributed by atoms with Gasteiger partial charge in [-0.3, -0.25) is 29.4 Å². The van der Waals surface area contributed by atoms with E-state index < -0.39 is 11.9 Å². The molecule has 0 saturated carbocycles. The van der Waals surface area contributed by atoms with E-state index >= 15 is 0 Å². The van der Waals surface area contributed by atoms with Crippen molar-refractivity contribution in [2.75, 3.05) is 40.4 Å². The number of benzene rings is 3. The average Bonchev–Trinajstić information content (AvgIpc) is 3.38. The lowest BCUT2D eigenvalue weighted by Gasteiger charge is -2.40. The largest absolute Gasteiger partial charge is 0.497 e. The highest BCUT2D eigenvalue weighted by molar-refractivity contribution is 6.11. The summed E-state index contributed by atoms with van der Waals surface area (Å²) in [6.07, 6.45) is 0.458. The molecule has 0 bridgehead atoms. The van der Waals surface area contributed by atoms with Gasteiger partial charge in [0.1, 0.15) is 17.5 Å². The lowest BCUT2D eigenvalue weighted by molar-refractivity contribution is -0.136. The quantitative estimate of drug-likeness (QED) is 0.427. The van der Waals surface area contributed by atoms with Gasteiger partial charge >= 0.3 is 0 Å². The van der Waals surface area contributed by atoms with Crippen LogP contribution >= 0.6 is 0 Å². The number of nitrogens with zero attached hydrogens (tertiary/aromatic N) is 3. The fraction of sp³-hybridized carbons (Fsp3) is 0.333. The molecule has 2 saturated heterocycles. The standard InChI is InChI=1S/C33H34N4O6/c1-42-24-10-6-21(7-11-24)30(22-8-12-25(43-2)13-9-22)35-16-18-36(19-17-35)32(40)26-5-3-4-23-20-37(33(41)29(23)26)27-14-15-28(38)34-31(27)39/h3-13,27,30H,14-20H2,1-2H3,(H,34,38,39). The molecule has 3 aromatic rings. The van der Waals surface area contributed by atoms with Crippen molar-refractivity contribution in [1.29, 1.82) is 0 Å². The summed E-state index contributed by atoms with van der Waals surface area (Å²) in [5.74, 6) is 0.236. The summed E-state index contributed by atoms with van der Waals surface area (Å²) in [7, 11) is 3.29. The van der Waals surface area contributed by atoms with Crippen molar-refractivity contribution in [2.45, 2.75) is 31.5 Å². The van der Waals surface area contributed by atoms with Gasteiger partial charge in [-0.25, -0.2) is 0 Å². The van der Waals surface area contributed by atoms with E-state index in [4.69, 9.17) is 9.47 Å². The fourth-order valence-corrected chi connectivity index (χ4v) is 6.33. The maximum absolute atomic E-state index is 13.8. The summed E-state index contributed by atoms with van der Waals surface area (Å²) >= 11 is 0. The van der Waals surface area contributed by atoms with Crippen LogP contribution in [-0.2, 0) is 16.1 Å². The van der Waals surface area contributed by atoms with Gasteiger partial charge < -0.3 is 19.3 Å². The molecule has 0 spiro atoms. The van der Waals surface area contributed by atoms with Gasteiger partial charge in [-0.2, -0.15) is 0 Å². The van der Waals surface area contributed by atoms with Crippen LogP contribution in [0.2, 0.25) is 0 Å². The Labute approximate surface area is 250 Å². The minimum Gasteiger partial charge on any atom is -0.497 e. The summed E-state index contributed by atoms with van der Waals surface area (Å²) in [4.78, 5) is 57.1. The third-order valence-corrected chi connectivity index (χ3v) is 8.61. The number of amides is 4. The predicted molar refractivity (Wildman–Crippen MR) is 158 cm³/mol. The van der Waals surface area contributed by atoms with Crippen LogP contribution in [0.25, 0.3) is 0 Å². The van der Waals surface area contributed by atoms with Crippen molar-refractivity contribution < 1.29 is 28.7 Å². The highest BCUT2D eigenvalue weighted by Crippen LogP contribution is 2.34. The Bertz CT molecular complexity index is 1500. The third kappa shape index (κ3) is 5.46. The lowest BCUT2D eigenvalue weighted by Crippen LogP contribution is -2.52. The first kappa shape index (κ1) is 28.4. The molecule has 222 valence electrons. The number of hydrogen-bond donors (Lipinski definition) is 1. The van der Waals surface area contributed by atoms with Gasteiger partial charge in [0.2, 0.25) is 11.8 Å². The number of nitrogens with one attached hydrogen (secondary N) is 1. The van der Waals surface area contributed by atoms with E-state index in [1.165, 1.54) is 4.90 Å². The molecule has 3 aromatic carbocycles. The van der Waals surface area contributed by atoms with Crippen LogP contribution in [0, 0.1) is 0 Å². The number of hydrogen-bond acceptors (Lipinski definition) is 7. The van der Waals surface area contributed by atoms with Gasteiger partial charge in [0, 0.05) is 39.1 Å². The van der Waals surface area contributed by atoms with Crippen LogP contribution in [0.15, 0.2) is 66.7 Å². The van der Waals surface area contributed by atoms with Crippen LogP contribution in [0.5, 0.6) is 11.5 Å². The number of rotatable bonds is 7. The zero-order chi connectivity index (χ0) is 30.1. The first-order chi connectivity index (χ1) is 20.9. The summed E-state index contributed by atoms with van der Waals surface area (Å²) in [5.41, 5.74) is 3.66. The molecule has 10 nitrogen and oxygen atoms in total. The van der Waals surface area contributed by atoms with E-state index in [1.54, 1.807) is 31.3 Å². The van der Waals surface area contributed by atoms with E-state index in [-0.39, 0.29) is 43.1 Å². The first-order valence-corrected chi connectivity index (χ1v) is 14.5.